The molecule has 0 radical (unpaired) electrons. The number of aliphatic hydroxyl groups excluding tert-OH is 1. The Morgan fingerprint density at radius 1 is 1.28 bits per heavy atom. The van der Waals surface area contributed by atoms with Gasteiger partial charge in [0.15, 0.2) is 0 Å². The van der Waals surface area contributed by atoms with Crippen molar-refractivity contribution in [1.82, 2.24) is 9.88 Å². The van der Waals surface area contributed by atoms with Crippen LogP contribution in [0.2, 0.25) is 0 Å². The number of pyridine rings is 1. The molecule has 1 aliphatic rings. The lowest BCUT2D eigenvalue weighted by Crippen LogP contribution is -2.37. The van der Waals surface area contributed by atoms with Crippen molar-refractivity contribution in [2.45, 2.75) is 12.5 Å². The number of ether oxygens (including phenoxy) is 1. The molecule has 1 unspecified atom stereocenters. The van der Waals surface area contributed by atoms with E-state index in [2.05, 4.69) is 20.1 Å². The SMILES string of the molecule is COCC(O)CN1CCCN(c2ccc(NC(=O)c3cccc(F)c3)cn2)CC1. The van der Waals surface area contributed by atoms with Crippen molar-refractivity contribution in [1.29, 1.82) is 0 Å². The first kappa shape index (κ1) is 21.2. The molecule has 3 rings (SSSR count). The number of halogens is 1. The summed E-state index contributed by atoms with van der Waals surface area (Å²) in [5.74, 6) is 0.0168. The molecule has 1 aliphatic heterocycles. The third-order valence-corrected chi connectivity index (χ3v) is 4.83. The van der Waals surface area contributed by atoms with Crippen LogP contribution in [0.1, 0.15) is 16.8 Å². The molecule has 8 heteroatoms. The van der Waals surface area contributed by atoms with Gasteiger partial charge in [0.1, 0.15) is 11.6 Å². The first-order valence-electron chi connectivity index (χ1n) is 9.72. The highest BCUT2D eigenvalue weighted by Crippen LogP contribution is 2.17. The molecule has 0 saturated carbocycles. The van der Waals surface area contributed by atoms with E-state index in [1.165, 1.54) is 18.2 Å². The lowest BCUT2D eigenvalue weighted by molar-refractivity contribution is 0.0392. The highest BCUT2D eigenvalue weighted by atomic mass is 19.1. The van der Waals surface area contributed by atoms with Gasteiger partial charge in [-0.25, -0.2) is 9.37 Å². The number of rotatable bonds is 7. The summed E-state index contributed by atoms with van der Waals surface area (Å²) in [4.78, 5) is 21.1. The number of nitrogens with one attached hydrogen (secondary N) is 1. The quantitative estimate of drug-likeness (QED) is 0.738. The topological polar surface area (TPSA) is 77.9 Å². The van der Waals surface area contributed by atoms with Crippen molar-refractivity contribution in [2.24, 2.45) is 0 Å². The summed E-state index contributed by atoms with van der Waals surface area (Å²) in [6.45, 7) is 4.37. The number of nitrogens with zero attached hydrogens (tertiary/aromatic N) is 3. The summed E-state index contributed by atoms with van der Waals surface area (Å²) >= 11 is 0. The summed E-state index contributed by atoms with van der Waals surface area (Å²) in [6, 6.07) is 9.23. The number of benzene rings is 1. The Labute approximate surface area is 170 Å². The second-order valence-corrected chi connectivity index (χ2v) is 7.12. The van der Waals surface area contributed by atoms with Crippen LogP contribution >= 0.6 is 0 Å². The Bertz CT molecular complexity index is 803. The smallest absolute Gasteiger partial charge is 0.255 e. The molecule has 1 saturated heterocycles. The third-order valence-electron chi connectivity index (χ3n) is 4.83. The number of amides is 1. The van der Waals surface area contributed by atoms with Gasteiger partial charge in [-0.15, -0.1) is 0 Å². The first-order valence-corrected chi connectivity index (χ1v) is 9.72. The van der Waals surface area contributed by atoms with Gasteiger partial charge in [0.25, 0.3) is 5.91 Å². The molecule has 1 fully saturated rings. The molecule has 156 valence electrons. The molecule has 2 heterocycles. The van der Waals surface area contributed by atoms with Crippen molar-refractivity contribution < 1.29 is 19.0 Å². The van der Waals surface area contributed by atoms with Gasteiger partial charge in [0.2, 0.25) is 0 Å². The summed E-state index contributed by atoms with van der Waals surface area (Å²) < 4.78 is 18.3. The molecule has 0 aliphatic carbocycles. The molecular weight excluding hydrogens is 375 g/mol. The van der Waals surface area contributed by atoms with E-state index in [4.69, 9.17) is 4.74 Å². The average molecular weight is 402 g/mol. The summed E-state index contributed by atoms with van der Waals surface area (Å²) in [5, 5.41) is 12.7. The normalized spacial score (nSPS) is 16.3. The van der Waals surface area contributed by atoms with Crippen molar-refractivity contribution in [3.63, 3.8) is 0 Å². The number of methoxy groups -OCH3 is 1. The molecule has 29 heavy (non-hydrogen) atoms. The number of β-amino-alcohol motifs (C(OH)–C–C–N with tert-alkyl or cyclic N) is 1. The molecule has 1 aromatic carbocycles. The van der Waals surface area contributed by atoms with E-state index in [1.54, 1.807) is 25.4 Å². The largest absolute Gasteiger partial charge is 0.389 e. The van der Waals surface area contributed by atoms with E-state index >= 15 is 0 Å². The van der Waals surface area contributed by atoms with Crippen molar-refractivity contribution >= 4 is 17.4 Å². The maximum Gasteiger partial charge on any atom is 0.255 e. The van der Waals surface area contributed by atoms with Crippen molar-refractivity contribution in [3.05, 3.63) is 54.0 Å². The monoisotopic (exact) mass is 402 g/mol. The molecule has 1 aromatic heterocycles. The highest BCUT2D eigenvalue weighted by Gasteiger charge is 2.18. The van der Waals surface area contributed by atoms with E-state index in [0.29, 0.717) is 18.8 Å². The predicted molar refractivity (Wildman–Crippen MR) is 110 cm³/mol. The van der Waals surface area contributed by atoms with E-state index < -0.39 is 11.9 Å². The van der Waals surface area contributed by atoms with Crippen LogP contribution in [0.15, 0.2) is 42.6 Å². The molecular formula is C21H27FN4O3. The van der Waals surface area contributed by atoms with Gasteiger partial charge in [-0.05, 0) is 43.3 Å². The van der Waals surface area contributed by atoms with E-state index in [-0.39, 0.29) is 11.5 Å². The lowest BCUT2D eigenvalue weighted by Gasteiger charge is -2.24. The van der Waals surface area contributed by atoms with Gasteiger partial charge >= 0.3 is 0 Å². The molecule has 2 N–H and O–H groups in total. The van der Waals surface area contributed by atoms with Crippen LogP contribution in [-0.4, -0.2) is 73.4 Å². The van der Waals surface area contributed by atoms with Gasteiger partial charge in [0.05, 0.1) is 24.6 Å². The number of carbonyl (C=O) groups excluding carboxylic acids is 1. The van der Waals surface area contributed by atoms with E-state index in [1.807, 2.05) is 6.07 Å². The predicted octanol–water partition coefficient (Wildman–Crippen LogP) is 1.99. The minimum absolute atomic E-state index is 0.261. The summed E-state index contributed by atoms with van der Waals surface area (Å²) in [5.41, 5.74) is 0.819. The zero-order chi connectivity index (χ0) is 20.6. The van der Waals surface area contributed by atoms with Crippen LogP contribution in [0, 0.1) is 5.82 Å². The zero-order valence-corrected chi connectivity index (χ0v) is 16.6. The standard InChI is InChI=1S/C21H27FN4O3/c1-29-15-19(27)14-25-8-3-9-26(11-10-25)20-7-6-18(13-23-20)24-21(28)16-4-2-5-17(22)12-16/h2,4-7,12-13,19,27H,3,8-11,14-15H2,1H3,(H,24,28). The Morgan fingerprint density at radius 2 is 2.14 bits per heavy atom. The Hall–Kier alpha value is -2.55. The molecule has 0 bridgehead atoms. The fourth-order valence-electron chi connectivity index (χ4n) is 3.41. The summed E-state index contributed by atoms with van der Waals surface area (Å²) in [6.07, 6.45) is 2.10. The number of carbonyl (C=O) groups is 1. The number of aromatic nitrogens is 1. The van der Waals surface area contributed by atoms with Gasteiger partial charge in [0, 0.05) is 38.9 Å². The maximum atomic E-state index is 13.3. The number of aliphatic hydroxyl groups is 1. The fraction of sp³-hybridized carbons (Fsp3) is 0.429. The van der Waals surface area contributed by atoms with Crippen LogP contribution in [-0.2, 0) is 4.74 Å². The average Bonchev–Trinajstić information content (AvgIpc) is 2.94. The van der Waals surface area contributed by atoms with Crippen molar-refractivity contribution in [2.75, 3.05) is 56.7 Å². The second kappa shape index (κ2) is 10.3. The van der Waals surface area contributed by atoms with Gasteiger partial charge in [-0.3, -0.25) is 9.69 Å². The minimum Gasteiger partial charge on any atom is -0.389 e. The molecule has 7 nitrogen and oxygen atoms in total. The third kappa shape index (κ3) is 6.22. The second-order valence-electron chi connectivity index (χ2n) is 7.12. The van der Waals surface area contributed by atoms with Crippen LogP contribution in [0.4, 0.5) is 15.9 Å². The van der Waals surface area contributed by atoms with Crippen LogP contribution in [0.3, 0.4) is 0 Å². The van der Waals surface area contributed by atoms with Crippen LogP contribution < -0.4 is 10.2 Å². The Morgan fingerprint density at radius 3 is 2.86 bits per heavy atom. The number of hydrogen-bond acceptors (Lipinski definition) is 6. The number of hydrogen-bond donors (Lipinski definition) is 2. The molecule has 1 atom stereocenters. The van der Waals surface area contributed by atoms with Crippen LogP contribution in [0.5, 0.6) is 0 Å². The molecule has 2 aromatic rings. The molecule has 0 spiro atoms. The van der Waals surface area contributed by atoms with E-state index in [0.717, 1.165) is 38.4 Å². The van der Waals surface area contributed by atoms with Gasteiger partial charge < -0.3 is 20.1 Å². The maximum absolute atomic E-state index is 13.3. The molecule has 1 amide bonds. The van der Waals surface area contributed by atoms with Gasteiger partial charge in [-0.1, -0.05) is 6.07 Å². The fourth-order valence-corrected chi connectivity index (χ4v) is 3.41. The first-order chi connectivity index (χ1) is 14.0. The zero-order valence-electron chi connectivity index (χ0n) is 16.6. The number of anilines is 2. The minimum atomic E-state index is -0.481. The highest BCUT2D eigenvalue weighted by molar-refractivity contribution is 6.04. The Kier molecular flexibility index (Phi) is 7.51. The lowest BCUT2D eigenvalue weighted by atomic mass is 10.2. The van der Waals surface area contributed by atoms with Crippen molar-refractivity contribution in [3.8, 4) is 0 Å². The van der Waals surface area contributed by atoms with Crippen LogP contribution in [0.25, 0.3) is 0 Å². The van der Waals surface area contributed by atoms with Gasteiger partial charge in [-0.2, -0.15) is 0 Å². The summed E-state index contributed by atoms with van der Waals surface area (Å²) in [7, 11) is 1.59. The van der Waals surface area contributed by atoms with E-state index in [9.17, 15) is 14.3 Å². The Balaban J connectivity index is 1.55.